The summed E-state index contributed by atoms with van der Waals surface area (Å²) in [5, 5.41) is 7.93. The van der Waals surface area contributed by atoms with Gasteiger partial charge in [0.15, 0.2) is 5.69 Å². The molecule has 1 aromatic carbocycles. The number of amides is 1. The molecule has 0 saturated carbocycles. The van der Waals surface area contributed by atoms with E-state index in [4.69, 9.17) is 4.74 Å². The van der Waals surface area contributed by atoms with Gasteiger partial charge in [-0.2, -0.15) is 0 Å². The summed E-state index contributed by atoms with van der Waals surface area (Å²) in [6.45, 7) is 3.99. The highest BCUT2D eigenvalue weighted by atomic mass is 16.5. The fraction of sp³-hybridized carbons (Fsp3) is 0.421. The zero-order valence-corrected chi connectivity index (χ0v) is 14.0. The second kappa shape index (κ2) is 7.90. The Morgan fingerprint density at radius 1 is 1.12 bits per heavy atom. The largest absolute Gasteiger partial charge is 0.477 e. The molecule has 3 rings (SSSR count). The fourth-order valence-corrected chi connectivity index (χ4v) is 3.11. The molecular weight excluding hydrogens is 302 g/mol. The van der Waals surface area contributed by atoms with Gasteiger partial charge < -0.3 is 9.64 Å². The first-order valence-electron chi connectivity index (χ1n) is 8.56. The van der Waals surface area contributed by atoms with Gasteiger partial charge >= 0.3 is 0 Å². The topological polar surface area (TPSA) is 55.3 Å². The number of piperidine rings is 1. The van der Waals surface area contributed by atoms with E-state index in [1.54, 1.807) is 12.1 Å². The number of hydrogen-bond acceptors (Lipinski definition) is 4. The van der Waals surface area contributed by atoms with Crippen LogP contribution in [0.4, 0.5) is 0 Å². The predicted molar refractivity (Wildman–Crippen MR) is 92.0 cm³/mol. The van der Waals surface area contributed by atoms with E-state index in [0.717, 1.165) is 32.4 Å². The van der Waals surface area contributed by atoms with Crippen molar-refractivity contribution >= 4 is 5.91 Å². The molecule has 1 aliphatic rings. The van der Waals surface area contributed by atoms with Crippen molar-refractivity contribution in [3.8, 4) is 5.88 Å². The molecule has 0 N–H and O–H groups in total. The second-order valence-electron chi connectivity index (χ2n) is 6.12. The van der Waals surface area contributed by atoms with E-state index in [2.05, 4.69) is 34.5 Å². The van der Waals surface area contributed by atoms with Gasteiger partial charge in [-0.25, -0.2) is 0 Å². The van der Waals surface area contributed by atoms with Crippen molar-refractivity contribution in [2.75, 3.05) is 19.7 Å². The Balaban J connectivity index is 1.53. The van der Waals surface area contributed by atoms with Crippen LogP contribution in [0.25, 0.3) is 0 Å². The van der Waals surface area contributed by atoms with E-state index in [9.17, 15) is 4.79 Å². The number of carbonyl (C=O) groups excluding carboxylic acids is 1. The Kier molecular flexibility index (Phi) is 5.41. The molecule has 1 saturated heterocycles. The standard InChI is InChI=1S/C19H23N3O2/c1-2-24-18-9-8-17(20-21-18)19(23)22-12-10-16(11-13-22)14-15-6-4-3-5-7-15/h3-9,16H,2,10-14H2,1H3. The molecule has 1 aliphatic heterocycles. The molecule has 2 heterocycles. The van der Waals surface area contributed by atoms with Crippen LogP contribution in [0.1, 0.15) is 35.8 Å². The van der Waals surface area contributed by atoms with E-state index in [1.165, 1.54) is 5.56 Å². The molecule has 126 valence electrons. The summed E-state index contributed by atoms with van der Waals surface area (Å²) in [5.74, 6) is 1.06. The van der Waals surface area contributed by atoms with E-state index < -0.39 is 0 Å². The molecule has 5 heteroatoms. The van der Waals surface area contributed by atoms with Crippen molar-refractivity contribution in [1.29, 1.82) is 0 Å². The quantitative estimate of drug-likeness (QED) is 0.848. The number of benzene rings is 1. The Labute approximate surface area is 142 Å². The molecule has 0 radical (unpaired) electrons. The first kappa shape index (κ1) is 16.4. The van der Waals surface area contributed by atoms with Crippen LogP contribution in [0.2, 0.25) is 0 Å². The molecule has 24 heavy (non-hydrogen) atoms. The van der Waals surface area contributed by atoms with Gasteiger partial charge in [0.25, 0.3) is 5.91 Å². The van der Waals surface area contributed by atoms with Gasteiger partial charge in [0.05, 0.1) is 6.61 Å². The number of aromatic nitrogens is 2. The van der Waals surface area contributed by atoms with Crippen LogP contribution in [0.3, 0.4) is 0 Å². The Morgan fingerprint density at radius 2 is 1.88 bits per heavy atom. The number of rotatable bonds is 5. The van der Waals surface area contributed by atoms with Gasteiger partial charge in [0.2, 0.25) is 5.88 Å². The minimum atomic E-state index is -0.0382. The van der Waals surface area contributed by atoms with Crippen molar-refractivity contribution in [2.24, 2.45) is 5.92 Å². The van der Waals surface area contributed by atoms with Crippen molar-refractivity contribution in [3.05, 3.63) is 53.7 Å². The Bertz CT molecular complexity index is 650. The molecular formula is C19H23N3O2. The lowest BCUT2D eigenvalue weighted by molar-refractivity contribution is 0.0683. The minimum absolute atomic E-state index is 0.0382. The van der Waals surface area contributed by atoms with Gasteiger partial charge in [0, 0.05) is 19.2 Å². The summed E-state index contributed by atoms with van der Waals surface area (Å²) in [7, 11) is 0. The maximum Gasteiger partial charge on any atom is 0.274 e. The van der Waals surface area contributed by atoms with Gasteiger partial charge in [-0.05, 0) is 43.7 Å². The van der Waals surface area contributed by atoms with Gasteiger partial charge in [0.1, 0.15) is 0 Å². The third-order valence-electron chi connectivity index (χ3n) is 4.42. The highest BCUT2D eigenvalue weighted by Crippen LogP contribution is 2.22. The molecule has 1 fully saturated rings. The van der Waals surface area contributed by atoms with Gasteiger partial charge in [-0.1, -0.05) is 30.3 Å². The zero-order valence-electron chi connectivity index (χ0n) is 14.0. The third kappa shape index (κ3) is 4.10. The normalized spacial score (nSPS) is 15.3. The fourth-order valence-electron chi connectivity index (χ4n) is 3.11. The van der Waals surface area contributed by atoms with Crippen LogP contribution >= 0.6 is 0 Å². The zero-order chi connectivity index (χ0) is 16.8. The van der Waals surface area contributed by atoms with Crippen LogP contribution in [-0.2, 0) is 6.42 Å². The summed E-state index contributed by atoms with van der Waals surface area (Å²) in [6.07, 6.45) is 3.15. The SMILES string of the molecule is CCOc1ccc(C(=O)N2CCC(Cc3ccccc3)CC2)nn1. The maximum atomic E-state index is 12.5. The Morgan fingerprint density at radius 3 is 2.50 bits per heavy atom. The van der Waals surface area contributed by atoms with Crippen LogP contribution in [0, 0.1) is 5.92 Å². The number of hydrogen-bond donors (Lipinski definition) is 0. The lowest BCUT2D eigenvalue weighted by atomic mass is 9.90. The van der Waals surface area contributed by atoms with Crippen molar-refractivity contribution in [1.82, 2.24) is 15.1 Å². The average Bonchev–Trinajstić information content (AvgIpc) is 2.64. The molecule has 0 unspecified atom stereocenters. The number of ether oxygens (including phenoxy) is 1. The van der Waals surface area contributed by atoms with E-state index in [0.29, 0.717) is 24.1 Å². The Hall–Kier alpha value is -2.43. The van der Waals surface area contributed by atoms with E-state index in [1.807, 2.05) is 17.9 Å². The number of nitrogens with zero attached hydrogens (tertiary/aromatic N) is 3. The third-order valence-corrected chi connectivity index (χ3v) is 4.42. The summed E-state index contributed by atoms with van der Waals surface area (Å²) < 4.78 is 5.26. The first-order chi connectivity index (χ1) is 11.8. The van der Waals surface area contributed by atoms with Crippen LogP contribution < -0.4 is 4.74 Å². The summed E-state index contributed by atoms with van der Waals surface area (Å²) in [6, 6.07) is 13.9. The molecule has 0 aliphatic carbocycles. The average molecular weight is 325 g/mol. The van der Waals surface area contributed by atoms with E-state index >= 15 is 0 Å². The van der Waals surface area contributed by atoms with Gasteiger partial charge in [-0.3, -0.25) is 4.79 Å². The lowest BCUT2D eigenvalue weighted by Gasteiger charge is -2.31. The molecule has 0 spiro atoms. The maximum absolute atomic E-state index is 12.5. The molecule has 2 aromatic rings. The van der Waals surface area contributed by atoms with Crippen molar-refractivity contribution in [2.45, 2.75) is 26.2 Å². The summed E-state index contributed by atoms with van der Waals surface area (Å²) >= 11 is 0. The van der Waals surface area contributed by atoms with Crippen molar-refractivity contribution in [3.63, 3.8) is 0 Å². The first-order valence-corrected chi connectivity index (χ1v) is 8.56. The summed E-state index contributed by atoms with van der Waals surface area (Å²) in [4.78, 5) is 14.4. The summed E-state index contributed by atoms with van der Waals surface area (Å²) in [5.41, 5.74) is 1.76. The molecule has 1 aromatic heterocycles. The van der Waals surface area contributed by atoms with Crippen LogP contribution in [-0.4, -0.2) is 40.7 Å². The van der Waals surface area contributed by atoms with E-state index in [-0.39, 0.29) is 5.91 Å². The monoisotopic (exact) mass is 325 g/mol. The number of likely N-dealkylation sites (tertiary alicyclic amines) is 1. The molecule has 0 atom stereocenters. The number of carbonyl (C=O) groups is 1. The van der Waals surface area contributed by atoms with Crippen LogP contribution in [0.15, 0.2) is 42.5 Å². The second-order valence-corrected chi connectivity index (χ2v) is 6.12. The minimum Gasteiger partial charge on any atom is -0.477 e. The van der Waals surface area contributed by atoms with Crippen LogP contribution in [0.5, 0.6) is 5.88 Å². The molecule has 0 bridgehead atoms. The molecule has 5 nitrogen and oxygen atoms in total. The highest BCUT2D eigenvalue weighted by Gasteiger charge is 2.24. The smallest absolute Gasteiger partial charge is 0.274 e. The van der Waals surface area contributed by atoms with Gasteiger partial charge in [-0.15, -0.1) is 10.2 Å². The molecule has 1 amide bonds. The highest BCUT2D eigenvalue weighted by molar-refractivity contribution is 5.92. The lowest BCUT2D eigenvalue weighted by Crippen LogP contribution is -2.39. The van der Waals surface area contributed by atoms with Crippen molar-refractivity contribution < 1.29 is 9.53 Å². The predicted octanol–water partition coefficient (Wildman–Crippen LogP) is 2.97.